The molecule has 0 aromatic heterocycles. The summed E-state index contributed by atoms with van der Waals surface area (Å²) in [6.07, 6.45) is 5.55. The molecule has 5 nitrogen and oxygen atoms in total. The summed E-state index contributed by atoms with van der Waals surface area (Å²) < 4.78 is 37.2. The summed E-state index contributed by atoms with van der Waals surface area (Å²) in [6.45, 7) is 2.13. The van der Waals surface area contributed by atoms with Crippen molar-refractivity contribution in [2.24, 2.45) is 0 Å². The second-order valence-electron chi connectivity index (χ2n) is 4.56. The van der Waals surface area contributed by atoms with Gasteiger partial charge < -0.3 is 9.29 Å². The third-order valence-electron chi connectivity index (χ3n) is 2.83. The molecule has 0 spiro atoms. The van der Waals surface area contributed by atoms with Gasteiger partial charge in [-0.3, -0.25) is 4.79 Å². The van der Waals surface area contributed by atoms with Crippen LogP contribution in [0.1, 0.15) is 45.4 Å². The predicted octanol–water partition coefficient (Wildman–Crippen LogP) is -0.139. The van der Waals surface area contributed by atoms with E-state index in [1.54, 1.807) is 0 Å². The van der Waals surface area contributed by atoms with Crippen molar-refractivity contribution in [1.82, 2.24) is 0 Å². The molecule has 21 heavy (non-hydrogen) atoms. The number of esters is 1. The zero-order valence-electron chi connectivity index (χ0n) is 12.5. The third-order valence-corrected chi connectivity index (χ3v) is 3.68. The minimum atomic E-state index is -4.46. The van der Waals surface area contributed by atoms with Crippen molar-refractivity contribution in [2.45, 2.75) is 50.3 Å². The van der Waals surface area contributed by atoms with Crippen LogP contribution in [-0.4, -0.2) is 18.9 Å². The summed E-state index contributed by atoms with van der Waals surface area (Å²) in [5.74, 6) is -0.102. The van der Waals surface area contributed by atoms with Gasteiger partial charge in [0.25, 0.3) is 0 Å². The van der Waals surface area contributed by atoms with E-state index in [1.807, 2.05) is 0 Å². The molecule has 0 bridgehead atoms. The van der Waals surface area contributed by atoms with E-state index in [1.165, 1.54) is 18.6 Å². The minimum absolute atomic E-state index is 0. The molecule has 1 rings (SSSR count). The fourth-order valence-corrected chi connectivity index (χ4v) is 2.20. The van der Waals surface area contributed by atoms with E-state index < -0.39 is 10.1 Å². The van der Waals surface area contributed by atoms with Gasteiger partial charge in [-0.2, -0.15) is 0 Å². The SMILES string of the molecule is CCCCCCCC(=O)Oc1ccc(S(=O)(=O)[O-])cc1.[K+]. The van der Waals surface area contributed by atoms with E-state index in [0.29, 0.717) is 6.42 Å². The van der Waals surface area contributed by atoms with Gasteiger partial charge in [-0.15, -0.1) is 0 Å². The second kappa shape index (κ2) is 10.9. The first-order valence-corrected chi connectivity index (χ1v) is 8.11. The van der Waals surface area contributed by atoms with Gasteiger partial charge in [0, 0.05) is 6.42 Å². The summed E-state index contributed by atoms with van der Waals surface area (Å²) in [5.41, 5.74) is 0. The first-order valence-electron chi connectivity index (χ1n) is 6.70. The molecule has 112 valence electrons. The number of carbonyl (C=O) groups excluding carboxylic acids is 1. The van der Waals surface area contributed by atoms with Crippen LogP contribution in [0.25, 0.3) is 0 Å². The summed E-state index contributed by atoms with van der Waals surface area (Å²) in [7, 11) is -4.46. The maximum absolute atomic E-state index is 11.5. The maximum atomic E-state index is 11.5. The summed E-state index contributed by atoms with van der Waals surface area (Å²) in [6, 6.07) is 4.87. The first-order chi connectivity index (χ1) is 9.43. The molecule has 0 unspecified atom stereocenters. The quantitative estimate of drug-likeness (QED) is 0.217. The molecule has 0 aliphatic rings. The predicted molar refractivity (Wildman–Crippen MR) is 73.4 cm³/mol. The average molecular weight is 338 g/mol. The summed E-state index contributed by atoms with van der Waals surface area (Å²) >= 11 is 0. The van der Waals surface area contributed by atoms with Crippen LogP contribution in [0.15, 0.2) is 29.2 Å². The standard InChI is InChI=1S/C14H20O5S.K/c1-2-3-4-5-6-7-14(15)19-12-8-10-13(11-9-12)20(16,17)18;/h8-11H,2-7H2,1H3,(H,16,17,18);/q;+1/p-1. The van der Waals surface area contributed by atoms with Gasteiger partial charge in [0.05, 0.1) is 4.90 Å². The average Bonchev–Trinajstić information content (AvgIpc) is 2.38. The first kappa shape index (κ1) is 21.2. The monoisotopic (exact) mass is 338 g/mol. The van der Waals surface area contributed by atoms with Gasteiger partial charge in [-0.25, -0.2) is 8.42 Å². The Bertz CT molecular complexity index is 525. The molecule has 7 heteroatoms. The number of benzene rings is 1. The molecule has 1 aromatic carbocycles. The van der Waals surface area contributed by atoms with Crippen LogP contribution < -0.4 is 56.1 Å². The third kappa shape index (κ3) is 9.07. The van der Waals surface area contributed by atoms with E-state index >= 15 is 0 Å². The van der Waals surface area contributed by atoms with Crippen molar-refractivity contribution in [3.8, 4) is 5.75 Å². The van der Waals surface area contributed by atoms with E-state index in [0.717, 1.165) is 37.8 Å². The van der Waals surface area contributed by atoms with Crippen molar-refractivity contribution < 1.29 is 73.9 Å². The van der Waals surface area contributed by atoms with Crippen molar-refractivity contribution in [3.63, 3.8) is 0 Å². The van der Waals surface area contributed by atoms with Crippen molar-refractivity contribution in [3.05, 3.63) is 24.3 Å². The molecule has 0 saturated heterocycles. The summed E-state index contributed by atoms with van der Waals surface area (Å²) in [5, 5.41) is 0. The normalized spacial score (nSPS) is 10.8. The fourth-order valence-electron chi connectivity index (χ4n) is 1.73. The van der Waals surface area contributed by atoms with E-state index in [2.05, 4.69) is 6.92 Å². The van der Waals surface area contributed by atoms with Gasteiger partial charge in [-0.1, -0.05) is 32.6 Å². The number of carbonyl (C=O) groups is 1. The van der Waals surface area contributed by atoms with Crippen LogP contribution >= 0.6 is 0 Å². The molecule has 1 aromatic rings. The molecule has 0 heterocycles. The Hall–Kier alpha value is 0.236. The zero-order chi connectivity index (χ0) is 15.0. The number of ether oxygens (including phenoxy) is 1. The molecular formula is C14H19KO5S. The zero-order valence-corrected chi connectivity index (χ0v) is 16.4. The van der Waals surface area contributed by atoms with Crippen LogP contribution in [0, 0.1) is 0 Å². The molecule has 0 aliphatic carbocycles. The fraction of sp³-hybridized carbons (Fsp3) is 0.500. The van der Waals surface area contributed by atoms with E-state index in [-0.39, 0.29) is 68.0 Å². The van der Waals surface area contributed by atoms with Crippen molar-refractivity contribution >= 4 is 16.1 Å². The Balaban J connectivity index is 0.00000400. The molecular weight excluding hydrogens is 319 g/mol. The molecule has 0 amide bonds. The maximum Gasteiger partial charge on any atom is 1.00 e. The second-order valence-corrected chi connectivity index (χ2v) is 5.94. The van der Waals surface area contributed by atoms with Crippen LogP contribution in [0.2, 0.25) is 0 Å². The molecule has 0 saturated carbocycles. The number of unbranched alkanes of at least 4 members (excludes halogenated alkanes) is 4. The topological polar surface area (TPSA) is 83.5 Å². The smallest absolute Gasteiger partial charge is 0.744 e. The van der Waals surface area contributed by atoms with E-state index in [4.69, 9.17) is 4.74 Å². The van der Waals surface area contributed by atoms with Crippen LogP contribution in [0.5, 0.6) is 5.75 Å². The van der Waals surface area contributed by atoms with Crippen molar-refractivity contribution in [2.75, 3.05) is 0 Å². The summed E-state index contributed by atoms with van der Waals surface area (Å²) in [4.78, 5) is 11.2. The molecule has 0 aliphatic heterocycles. The largest absolute Gasteiger partial charge is 1.00 e. The van der Waals surface area contributed by atoms with Crippen LogP contribution in [0.3, 0.4) is 0 Å². The van der Waals surface area contributed by atoms with E-state index in [9.17, 15) is 17.8 Å². The molecule has 0 atom stereocenters. The van der Waals surface area contributed by atoms with Crippen molar-refractivity contribution in [1.29, 1.82) is 0 Å². The number of rotatable bonds is 8. The van der Waals surface area contributed by atoms with Crippen LogP contribution in [-0.2, 0) is 14.9 Å². The van der Waals surface area contributed by atoms with Gasteiger partial charge in [0.1, 0.15) is 15.9 Å². The number of hydrogen-bond donors (Lipinski definition) is 0. The minimum Gasteiger partial charge on any atom is -0.744 e. The van der Waals surface area contributed by atoms with Gasteiger partial charge >= 0.3 is 57.4 Å². The Morgan fingerprint density at radius 2 is 1.67 bits per heavy atom. The Kier molecular flexibility index (Phi) is 11.0. The Labute approximate surface area is 168 Å². The van der Waals surface area contributed by atoms with Crippen LogP contribution in [0.4, 0.5) is 0 Å². The molecule has 0 fully saturated rings. The Morgan fingerprint density at radius 3 is 2.19 bits per heavy atom. The number of hydrogen-bond acceptors (Lipinski definition) is 5. The molecule has 0 N–H and O–H groups in total. The molecule has 0 radical (unpaired) electrons. The Morgan fingerprint density at radius 1 is 1.10 bits per heavy atom. The van der Waals surface area contributed by atoms with Gasteiger partial charge in [0.2, 0.25) is 0 Å². The van der Waals surface area contributed by atoms with Gasteiger partial charge in [0.15, 0.2) is 0 Å². The van der Waals surface area contributed by atoms with Gasteiger partial charge in [-0.05, 0) is 30.7 Å².